The molecule has 10 heteroatoms. The summed E-state index contributed by atoms with van der Waals surface area (Å²) in [6.45, 7) is 0. The molecular formula is C6H7BrN2O6S. The number of nitro groups is 1. The first-order valence-corrected chi connectivity index (χ1v) is 5.74. The third-order valence-corrected chi connectivity index (χ3v) is 1.65. The van der Waals surface area contributed by atoms with Gasteiger partial charge in [-0.3, -0.25) is 19.2 Å². The molecule has 0 aliphatic carbocycles. The van der Waals surface area contributed by atoms with Crippen molar-refractivity contribution in [3.05, 3.63) is 34.4 Å². The van der Waals surface area contributed by atoms with Gasteiger partial charge in [-0.05, 0) is 12.1 Å². The Balaban J connectivity index is 0.000000385. The van der Waals surface area contributed by atoms with E-state index in [1.165, 1.54) is 12.1 Å². The summed E-state index contributed by atoms with van der Waals surface area (Å²) in [5.74, 6) is 0. The molecule has 0 saturated carbocycles. The van der Waals surface area contributed by atoms with E-state index in [0.717, 1.165) is 5.69 Å². The van der Waals surface area contributed by atoms with Gasteiger partial charge in [0, 0.05) is 34.0 Å². The minimum absolute atomic E-state index is 0.0940. The maximum absolute atomic E-state index is 10.2. The smallest absolute Gasteiger partial charge is 0.322 e. The van der Waals surface area contributed by atoms with Crippen molar-refractivity contribution in [2.24, 2.45) is 0 Å². The van der Waals surface area contributed by atoms with Crippen LogP contribution >= 0.6 is 16.1 Å². The highest BCUT2D eigenvalue weighted by Gasteiger charge is 2.02. The van der Waals surface area contributed by atoms with Crippen molar-refractivity contribution in [1.82, 2.24) is 0 Å². The van der Waals surface area contributed by atoms with E-state index in [1.807, 2.05) is 0 Å². The molecule has 0 amide bonds. The molecule has 0 atom stereocenters. The SMILES string of the molecule is O=S(=O)(O)O.O=[N+]([O-])c1ccc(NBr)cc1. The highest BCUT2D eigenvalue weighted by atomic mass is 79.9. The summed E-state index contributed by atoms with van der Waals surface area (Å²) in [4.78, 5) is 9.74. The van der Waals surface area contributed by atoms with Gasteiger partial charge in [0.15, 0.2) is 0 Å². The molecule has 1 aromatic rings. The average Bonchev–Trinajstić information content (AvgIpc) is 2.15. The molecule has 0 saturated heterocycles. The van der Waals surface area contributed by atoms with Crippen LogP contribution in [0.2, 0.25) is 0 Å². The molecule has 0 unspecified atom stereocenters. The van der Waals surface area contributed by atoms with E-state index >= 15 is 0 Å². The van der Waals surface area contributed by atoms with Crippen molar-refractivity contribution in [3.63, 3.8) is 0 Å². The quantitative estimate of drug-likeness (QED) is 0.327. The number of nitrogens with zero attached hydrogens (tertiary/aromatic N) is 1. The lowest BCUT2D eigenvalue weighted by Crippen LogP contribution is -1.89. The third kappa shape index (κ3) is 8.11. The van der Waals surface area contributed by atoms with E-state index in [9.17, 15) is 10.1 Å². The van der Waals surface area contributed by atoms with Crippen molar-refractivity contribution in [2.75, 3.05) is 4.34 Å². The normalized spacial score (nSPS) is 9.94. The molecule has 0 spiro atoms. The fourth-order valence-corrected chi connectivity index (χ4v) is 0.910. The van der Waals surface area contributed by atoms with Gasteiger partial charge in [0.2, 0.25) is 0 Å². The zero-order valence-corrected chi connectivity index (χ0v) is 9.97. The molecule has 0 fully saturated rings. The van der Waals surface area contributed by atoms with Crippen LogP contribution in [0.15, 0.2) is 24.3 Å². The standard InChI is InChI=1S/C6H5BrN2O2.H2O4S/c7-8-5-1-3-6(4-2-5)9(10)11;1-5(2,3)4/h1-4,8H;(H2,1,2,3,4). The predicted molar refractivity (Wildman–Crippen MR) is 59.8 cm³/mol. The Bertz CT molecular complexity index is 437. The Morgan fingerprint density at radius 1 is 1.25 bits per heavy atom. The van der Waals surface area contributed by atoms with Crippen LogP contribution in [-0.2, 0) is 10.4 Å². The van der Waals surface area contributed by atoms with Crippen molar-refractivity contribution >= 4 is 37.9 Å². The number of anilines is 1. The molecule has 0 aliphatic rings. The van der Waals surface area contributed by atoms with Gasteiger partial charge in [0.1, 0.15) is 0 Å². The van der Waals surface area contributed by atoms with Crippen LogP contribution in [0.3, 0.4) is 0 Å². The van der Waals surface area contributed by atoms with Crippen molar-refractivity contribution < 1.29 is 22.4 Å². The fraction of sp³-hybridized carbons (Fsp3) is 0. The van der Waals surface area contributed by atoms with Crippen molar-refractivity contribution in [1.29, 1.82) is 0 Å². The van der Waals surface area contributed by atoms with Gasteiger partial charge in [-0.1, -0.05) is 0 Å². The van der Waals surface area contributed by atoms with Crippen LogP contribution in [0.4, 0.5) is 11.4 Å². The van der Waals surface area contributed by atoms with E-state index in [1.54, 1.807) is 12.1 Å². The minimum atomic E-state index is -4.67. The van der Waals surface area contributed by atoms with Crippen molar-refractivity contribution in [3.8, 4) is 0 Å². The second-order valence-electron chi connectivity index (χ2n) is 2.35. The number of benzene rings is 1. The van der Waals surface area contributed by atoms with Gasteiger partial charge in [-0.2, -0.15) is 8.42 Å². The molecule has 0 aromatic heterocycles. The number of hydrogen-bond acceptors (Lipinski definition) is 5. The van der Waals surface area contributed by atoms with Crippen molar-refractivity contribution in [2.45, 2.75) is 0 Å². The Kier molecular flexibility index (Phi) is 5.88. The summed E-state index contributed by atoms with van der Waals surface area (Å²) < 4.78 is 34.3. The van der Waals surface area contributed by atoms with E-state index in [-0.39, 0.29) is 5.69 Å². The highest BCUT2D eigenvalue weighted by molar-refractivity contribution is 9.10. The van der Waals surface area contributed by atoms with Crippen LogP contribution in [-0.4, -0.2) is 22.4 Å². The summed E-state index contributed by atoms with van der Waals surface area (Å²) in [6.07, 6.45) is 0. The first-order valence-electron chi connectivity index (χ1n) is 3.55. The van der Waals surface area contributed by atoms with E-state index < -0.39 is 15.3 Å². The van der Waals surface area contributed by atoms with Crippen LogP contribution in [0.5, 0.6) is 0 Å². The number of halogens is 1. The maximum atomic E-state index is 10.2. The second kappa shape index (κ2) is 6.37. The minimum Gasteiger partial charge on any atom is -0.322 e. The monoisotopic (exact) mass is 314 g/mol. The number of rotatable bonds is 2. The highest BCUT2D eigenvalue weighted by Crippen LogP contribution is 2.15. The van der Waals surface area contributed by atoms with E-state index in [4.69, 9.17) is 17.5 Å². The van der Waals surface area contributed by atoms with Crippen LogP contribution < -0.4 is 4.34 Å². The molecule has 0 radical (unpaired) electrons. The van der Waals surface area contributed by atoms with Crippen LogP contribution in [0.25, 0.3) is 0 Å². The van der Waals surface area contributed by atoms with Gasteiger partial charge < -0.3 is 4.34 Å². The lowest BCUT2D eigenvalue weighted by Gasteiger charge is -1.94. The number of nitro benzene ring substituents is 1. The molecule has 0 aliphatic heterocycles. The van der Waals surface area contributed by atoms with Crippen LogP contribution in [0.1, 0.15) is 0 Å². The first kappa shape index (κ1) is 14.8. The lowest BCUT2D eigenvalue weighted by molar-refractivity contribution is -0.384. The average molecular weight is 315 g/mol. The Morgan fingerprint density at radius 2 is 1.62 bits per heavy atom. The summed E-state index contributed by atoms with van der Waals surface area (Å²) in [5, 5.41) is 10.2. The molecule has 90 valence electrons. The summed E-state index contributed by atoms with van der Waals surface area (Å²) in [5.41, 5.74) is 0.882. The maximum Gasteiger partial charge on any atom is 0.394 e. The molecule has 0 heterocycles. The number of non-ortho nitro benzene ring substituents is 1. The lowest BCUT2D eigenvalue weighted by atomic mass is 10.3. The topological polar surface area (TPSA) is 130 Å². The molecule has 16 heavy (non-hydrogen) atoms. The zero-order chi connectivity index (χ0) is 12.8. The van der Waals surface area contributed by atoms with E-state index in [2.05, 4.69) is 20.5 Å². The Hall–Kier alpha value is -1.23. The Labute approximate surface area is 99.3 Å². The predicted octanol–water partition coefficient (Wildman–Crippen LogP) is 1.66. The fourth-order valence-electron chi connectivity index (χ4n) is 0.646. The van der Waals surface area contributed by atoms with Gasteiger partial charge in [-0.15, -0.1) is 0 Å². The molecule has 1 rings (SSSR count). The largest absolute Gasteiger partial charge is 0.394 e. The summed E-state index contributed by atoms with van der Waals surface area (Å²) >= 11 is 3.00. The van der Waals surface area contributed by atoms with Gasteiger partial charge >= 0.3 is 10.4 Å². The molecule has 8 nitrogen and oxygen atoms in total. The summed E-state index contributed by atoms with van der Waals surface area (Å²) in [7, 11) is -4.67. The van der Waals surface area contributed by atoms with E-state index in [0.29, 0.717) is 0 Å². The molecule has 1 aromatic carbocycles. The zero-order valence-electron chi connectivity index (χ0n) is 7.57. The Morgan fingerprint density at radius 3 is 1.88 bits per heavy atom. The summed E-state index contributed by atoms with van der Waals surface area (Å²) in [6, 6.07) is 6.10. The van der Waals surface area contributed by atoms with Crippen LogP contribution in [0, 0.1) is 10.1 Å². The van der Waals surface area contributed by atoms with Gasteiger partial charge in [0.25, 0.3) is 5.69 Å². The van der Waals surface area contributed by atoms with Gasteiger partial charge in [-0.25, -0.2) is 0 Å². The third-order valence-electron chi connectivity index (χ3n) is 1.19. The number of nitrogens with one attached hydrogen (secondary N) is 1. The molecule has 3 N–H and O–H groups in total. The molecule has 0 bridgehead atoms. The number of hydrogen-bond donors (Lipinski definition) is 3. The molecular weight excluding hydrogens is 308 g/mol. The second-order valence-corrected chi connectivity index (χ2v) is 3.64. The first-order chi connectivity index (χ1) is 7.24. The van der Waals surface area contributed by atoms with Gasteiger partial charge in [0.05, 0.1) is 4.92 Å².